The smallest absolute Gasteiger partial charge is 0.235 e. The zero-order chi connectivity index (χ0) is 20.1. The molecule has 1 heterocycles. The average molecular weight is 434 g/mol. The standard InChI is InChI=1S/C22H27N3O2S.ClH/c1-15-8-10-18(11-9-15)24-21(26)14-28-16(2)22(27)25-12-19(20(23)13-25)17-6-4-3-5-7-17;/h3-11,16,19-20H,12-14,23H2,1-2H3,(H,24,26);1H/t16?,19-,20+;/m0./s1. The molecule has 0 aromatic heterocycles. The lowest BCUT2D eigenvalue weighted by atomic mass is 9.95. The number of likely N-dealkylation sites (tertiary alicyclic amines) is 1. The summed E-state index contributed by atoms with van der Waals surface area (Å²) in [5, 5.41) is 2.58. The number of carbonyl (C=O) groups is 2. The third-order valence-corrected chi connectivity index (χ3v) is 6.18. The number of nitrogens with one attached hydrogen (secondary N) is 1. The van der Waals surface area contributed by atoms with Gasteiger partial charge in [-0.15, -0.1) is 24.2 Å². The Bertz CT molecular complexity index is 817. The van der Waals surface area contributed by atoms with Gasteiger partial charge in [-0.25, -0.2) is 0 Å². The second-order valence-electron chi connectivity index (χ2n) is 7.29. The molecule has 5 nitrogen and oxygen atoms in total. The van der Waals surface area contributed by atoms with E-state index in [-0.39, 0.29) is 47.2 Å². The van der Waals surface area contributed by atoms with E-state index in [0.717, 1.165) is 11.3 Å². The normalized spacial score (nSPS) is 19.3. The largest absolute Gasteiger partial charge is 0.339 e. The number of halogens is 1. The van der Waals surface area contributed by atoms with Gasteiger partial charge in [-0.05, 0) is 31.5 Å². The Kier molecular flexibility index (Phi) is 8.56. The fourth-order valence-electron chi connectivity index (χ4n) is 3.42. The Morgan fingerprint density at radius 2 is 1.79 bits per heavy atom. The monoisotopic (exact) mass is 433 g/mol. The molecule has 2 aromatic carbocycles. The van der Waals surface area contributed by atoms with E-state index in [2.05, 4.69) is 17.4 Å². The number of nitrogens with zero attached hydrogens (tertiary/aromatic N) is 1. The summed E-state index contributed by atoms with van der Waals surface area (Å²) in [5.41, 5.74) is 9.38. The van der Waals surface area contributed by atoms with Crippen LogP contribution in [0, 0.1) is 6.92 Å². The Morgan fingerprint density at radius 3 is 2.45 bits per heavy atom. The highest BCUT2D eigenvalue weighted by Gasteiger charge is 2.35. The molecule has 1 aliphatic rings. The van der Waals surface area contributed by atoms with Crippen LogP contribution in [-0.2, 0) is 9.59 Å². The van der Waals surface area contributed by atoms with Crippen molar-refractivity contribution in [1.82, 2.24) is 4.90 Å². The number of thioether (sulfide) groups is 1. The number of hydrogen-bond acceptors (Lipinski definition) is 4. The van der Waals surface area contributed by atoms with E-state index in [4.69, 9.17) is 5.73 Å². The summed E-state index contributed by atoms with van der Waals surface area (Å²) in [4.78, 5) is 26.8. The van der Waals surface area contributed by atoms with Crippen molar-refractivity contribution in [3.63, 3.8) is 0 Å². The van der Waals surface area contributed by atoms with Crippen molar-refractivity contribution >= 4 is 41.7 Å². The lowest BCUT2D eigenvalue weighted by Gasteiger charge is -2.20. The molecule has 0 aliphatic carbocycles. The van der Waals surface area contributed by atoms with Crippen molar-refractivity contribution in [3.05, 3.63) is 65.7 Å². The molecule has 0 spiro atoms. The number of benzene rings is 2. The van der Waals surface area contributed by atoms with E-state index in [9.17, 15) is 9.59 Å². The number of carbonyl (C=O) groups excluding carboxylic acids is 2. The van der Waals surface area contributed by atoms with Crippen LogP contribution in [0.4, 0.5) is 5.69 Å². The van der Waals surface area contributed by atoms with E-state index in [1.807, 2.05) is 61.2 Å². The van der Waals surface area contributed by atoms with Crippen molar-refractivity contribution in [2.24, 2.45) is 5.73 Å². The molecule has 156 valence electrons. The summed E-state index contributed by atoms with van der Waals surface area (Å²) in [7, 11) is 0. The van der Waals surface area contributed by atoms with Gasteiger partial charge in [-0.3, -0.25) is 9.59 Å². The summed E-state index contributed by atoms with van der Waals surface area (Å²) in [6.45, 7) is 5.04. The predicted molar refractivity (Wildman–Crippen MR) is 123 cm³/mol. The molecular formula is C22H28ClN3O2S. The fourth-order valence-corrected chi connectivity index (χ4v) is 4.19. The number of amides is 2. The molecule has 3 atom stereocenters. The Morgan fingerprint density at radius 1 is 1.14 bits per heavy atom. The molecule has 1 unspecified atom stereocenters. The summed E-state index contributed by atoms with van der Waals surface area (Å²) in [6, 6.07) is 17.7. The molecule has 7 heteroatoms. The van der Waals surface area contributed by atoms with Crippen molar-refractivity contribution in [3.8, 4) is 0 Å². The first kappa shape index (κ1) is 23.3. The molecule has 3 rings (SSSR count). The predicted octanol–water partition coefficient (Wildman–Crippen LogP) is 3.43. The number of anilines is 1. The van der Waals surface area contributed by atoms with Gasteiger partial charge >= 0.3 is 0 Å². The fraction of sp³-hybridized carbons (Fsp3) is 0.364. The first-order valence-corrected chi connectivity index (χ1v) is 10.6. The highest BCUT2D eigenvalue weighted by Crippen LogP contribution is 2.28. The lowest BCUT2D eigenvalue weighted by Crippen LogP contribution is -2.37. The molecule has 2 amide bonds. The van der Waals surface area contributed by atoms with Gasteiger partial charge in [0, 0.05) is 30.7 Å². The van der Waals surface area contributed by atoms with E-state index < -0.39 is 0 Å². The van der Waals surface area contributed by atoms with Crippen LogP contribution in [0.15, 0.2) is 54.6 Å². The molecule has 1 fully saturated rings. The lowest BCUT2D eigenvalue weighted by molar-refractivity contribution is -0.129. The van der Waals surface area contributed by atoms with E-state index in [1.165, 1.54) is 17.3 Å². The summed E-state index contributed by atoms with van der Waals surface area (Å²) < 4.78 is 0. The summed E-state index contributed by atoms with van der Waals surface area (Å²) in [5.74, 6) is 0.339. The van der Waals surface area contributed by atoms with Crippen LogP contribution in [0.2, 0.25) is 0 Å². The van der Waals surface area contributed by atoms with Crippen molar-refractivity contribution in [2.45, 2.75) is 31.1 Å². The summed E-state index contributed by atoms with van der Waals surface area (Å²) in [6.07, 6.45) is 0. The molecule has 3 N–H and O–H groups in total. The molecule has 1 aliphatic heterocycles. The average Bonchev–Trinajstić information content (AvgIpc) is 3.09. The van der Waals surface area contributed by atoms with Crippen LogP contribution in [0.25, 0.3) is 0 Å². The molecule has 2 aromatic rings. The van der Waals surface area contributed by atoms with Gasteiger partial charge in [0.2, 0.25) is 11.8 Å². The minimum atomic E-state index is -0.287. The van der Waals surface area contributed by atoms with Gasteiger partial charge in [-0.2, -0.15) is 0 Å². The van der Waals surface area contributed by atoms with Gasteiger partial charge in [0.15, 0.2) is 0 Å². The van der Waals surface area contributed by atoms with E-state index in [0.29, 0.717) is 13.1 Å². The van der Waals surface area contributed by atoms with Crippen LogP contribution in [0.1, 0.15) is 24.0 Å². The van der Waals surface area contributed by atoms with Gasteiger partial charge in [0.1, 0.15) is 0 Å². The molecule has 0 bridgehead atoms. The van der Waals surface area contributed by atoms with E-state index >= 15 is 0 Å². The topological polar surface area (TPSA) is 75.4 Å². The number of rotatable bonds is 6. The van der Waals surface area contributed by atoms with Crippen LogP contribution in [0.3, 0.4) is 0 Å². The van der Waals surface area contributed by atoms with Crippen LogP contribution >= 0.6 is 24.2 Å². The first-order valence-electron chi connectivity index (χ1n) is 9.51. The maximum absolute atomic E-state index is 12.8. The Labute approximate surface area is 182 Å². The van der Waals surface area contributed by atoms with Crippen molar-refractivity contribution in [2.75, 3.05) is 24.2 Å². The Hall–Kier alpha value is -2.02. The number of nitrogens with two attached hydrogens (primary N) is 1. The van der Waals surface area contributed by atoms with E-state index in [1.54, 1.807) is 0 Å². The summed E-state index contributed by atoms with van der Waals surface area (Å²) >= 11 is 1.36. The number of hydrogen-bond donors (Lipinski definition) is 2. The number of aryl methyl sites for hydroxylation is 1. The SMILES string of the molecule is Cc1ccc(NC(=O)CSC(C)C(=O)N2C[C@@H](N)[C@H](c3ccccc3)C2)cc1.Cl. The molecule has 1 saturated heterocycles. The van der Waals surface area contributed by atoms with Crippen LogP contribution in [0.5, 0.6) is 0 Å². The minimum absolute atomic E-state index is 0. The zero-order valence-electron chi connectivity index (χ0n) is 16.7. The molecular weight excluding hydrogens is 406 g/mol. The minimum Gasteiger partial charge on any atom is -0.339 e. The maximum atomic E-state index is 12.8. The third-order valence-electron chi connectivity index (χ3n) is 5.05. The second kappa shape index (κ2) is 10.7. The van der Waals surface area contributed by atoms with Crippen molar-refractivity contribution in [1.29, 1.82) is 0 Å². The highest BCUT2D eigenvalue weighted by atomic mass is 35.5. The molecule has 0 saturated carbocycles. The van der Waals surface area contributed by atoms with Gasteiger partial charge < -0.3 is 16.0 Å². The maximum Gasteiger partial charge on any atom is 0.235 e. The Balaban J connectivity index is 0.00000300. The zero-order valence-corrected chi connectivity index (χ0v) is 18.3. The molecule has 0 radical (unpaired) electrons. The van der Waals surface area contributed by atoms with Crippen LogP contribution < -0.4 is 11.1 Å². The van der Waals surface area contributed by atoms with Crippen molar-refractivity contribution < 1.29 is 9.59 Å². The third kappa shape index (κ3) is 6.23. The van der Waals surface area contributed by atoms with Crippen LogP contribution in [-0.4, -0.2) is 46.8 Å². The molecule has 29 heavy (non-hydrogen) atoms. The quantitative estimate of drug-likeness (QED) is 0.731. The van der Waals surface area contributed by atoms with Gasteiger partial charge in [0.25, 0.3) is 0 Å². The second-order valence-corrected chi connectivity index (χ2v) is 8.62. The van der Waals surface area contributed by atoms with Gasteiger partial charge in [-0.1, -0.05) is 48.0 Å². The highest BCUT2D eigenvalue weighted by molar-refractivity contribution is 8.01. The van der Waals surface area contributed by atoms with Gasteiger partial charge in [0.05, 0.1) is 11.0 Å². The first-order chi connectivity index (χ1) is 13.4.